The number of carboxylic acid groups (broad SMARTS) is 1. The fourth-order valence-electron chi connectivity index (χ4n) is 2.23. The number of carbonyl (C=O) groups is 2. The predicted octanol–water partition coefficient (Wildman–Crippen LogP) is 1.12. The lowest BCUT2D eigenvalue weighted by Crippen LogP contribution is -2.39. The van der Waals surface area contributed by atoms with Gasteiger partial charge >= 0.3 is 5.97 Å². The summed E-state index contributed by atoms with van der Waals surface area (Å²) in [6.45, 7) is 0. The van der Waals surface area contributed by atoms with Crippen LogP contribution in [0.25, 0.3) is 0 Å². The highest BCUT2D eigenvalue weighted by Crippen LogP contribution is 2.26. The number of nitrogens with one attached hydrogen (secondary N) is 1. The van der Waals surface area contributed by atoms with Gasteiger partial charge in [0, 0.05) is 10.9 Å². The van der Waals surface area contributed by atoms with Gasteiger partial charge in [0.2, 0.25) is 5.91 Å². The Labute approximate surface area is 109 Å². The Kier molecular flexibility index (Phi) is 3.98. The van der Waals surface area contributed by atoms with Crippen LogP contribution < -0.4 is 11.1 Å². The van der Waals surface area contributed by atoms with Crippen LogP contribution in [0.5, 0.6) is 0 Å². The number of carboxylic acids is 1. The first-order chi connectivity index (χ1) is 8.58. The molecule has 6 heteroatoms. The van der Waals surface area contributed by atoms with Gasteiger partial charge in [0.05, 0.1) is 5.92 Å². The number of amides is 1. The smallest absolute Gasteiger partial charge is 0.306 e. The van der Waals surface area contributed by atoms with Crippen molar-refractivity contribution in [1.82, 2.24) is 5.32 Å². The summed E-state index contributed by atoms with van der Waals surface area (Å²) in [7, 11) is 0. The molecule has 2 rings (SSSR count). The van der Waals surface area contributed by atoms with E-state index in [9.17, 15) is 9.59 Å². The molecule has 1 amide bonds. The minimum atomic E-state index is -0.783. The Morgan fingerprint density at radius 1 is 1.50 bits per heavy atom. The Morgan fingerprint density at radius 2 is 2.28 bits per heavy atom. The van der Waals surface area contributed by atoms with Crippen LogP contribution in [0.4, 0.5) is 0 Å². The molecule has 1 aromatic rings. The van der Waals surface area contributed by atoms with Crippen LogP contribution in [0.15, 0.2) is 17.5 Å². The van der Waals surface area contributed by atoms with Crippen LogP contribution >= 0.6 is 11.3 Å². The molecule has 1 fully saturated rings. The second-order valence-electron chi connectivity index (χ2n) is 4.55. The van der Waals surface area contributed by atoms with Crippen LogP contribution in [0.1, 0.15) is 30.2 Å². The summed E-state index contributed by atoms with van der Waals surface area (Å²) in [4.78, 5) is 23.5. The molecule has 0 aliphatic heterocycles. The molecule has 3 unspecified atom stereocenters. The molecule has 98 valence electrons. The highest BCUT2D eigenvalue weighted by molar-refractivity contribution is 7.10. The van der Waals surface area contributed by atoms with Gasteiger partial charge in [0.15, 0.2) is 0 Å². The molecule has 4 N–H and O–H groups in total. The van der Waals surface area contributed by atoms with Gasteiger partial charge in [0.25, 0.3) is 0 Å². The van der Waals surface area contributed by atoms with Gasteiger partial charge < -0.3 is 16.2 Å². The molecule has 0 spiro atoms. The summed E-state index contributed by atoms with van der Waals surface area (Å²) >= 11 is 1.44. The zero-order chi connectivity index (χ0) is 13.1. The Morgan fingerprint density at radius 3 is 2.83 bits per heavy atom. The summed E-state index contributed by atoms with van der Waals surface area (Å²) in [6, 6.07) is 2.95. The average Bonchev–Trinajstić information content (AvgIpc) is 2.98. The lowest BCUT2D eigenvalue weighted by atomic mass is 10.1. The highest BCUT2D eigenvalue weighted by Gasteiger charge is 2.31. The van der Waals surface area contributed by atoms with E-state index >= 15 is 0 Å². The van der Waals surface area contributed by atoms with Crippen molar-refractivity contribution >= 4 is 23.2 Å². The van der Waals surface area contributed by atoms with Crippen molar-refractivity contribution < 1.29 is 14.7 Å². The fourth-order valence-corrected chi connectivity index (χ4v) is 2.95. The number of thiophene rings is 1. The van der Waals surface area contributed by atoms with E-state index in [4.69, 9.17) is 10.8 Å². The van der Waals surface area contributed by atoms with E-state index < -0.39 is 12.0 Å². The largest absolute Gasteiger partial charge is 0.481 e. The minimum absolute atomic E-state index is 0.0652. The third-order valence-electron chi connectivity index (χ3n) is 3.26. The lowest BCUT2D eigenvalue weighted by Gasteiger charge is -2.15. The maximum atomic E-state index is 11.9. The Balaban J connectivity index is 1.87. The van der Waals surface area contributed by atoms with Gasteiger partial charge in [-0.3, -0.25) is 9.59 Å². The van der Waals surface area contributed by atoms with E-state index in [0.717, 1.165) is 4.88 Å². The number of aliphatic carboxylic acids is 1. The van der Waals surface area contributed by atoms with Crippen molar-refractivity contribution in [2.45, 2.75) is 31.3 Å². The van der Waals surface area contributed by atoms with Crippen LogP contribution in [-0.4, -0.2) is 23.0 Å². The topological polar surface area (TPSA) is 92.4 Å². The number of hydrogen-bond acceptors (Lipinski definition) is 4. The normalized spacial score (nSPS) is 24.7. The zero-order valence-corrected chi connectivity index (χ0v) is 10.7. The second-order valence-corrected chi connectivity index (χ2v) is 5.53. The monoisotopic (exact) mass is 268 g/mol. The molecular weight excluding hydrogens is 252 g/mol. The lowest BCUT2D eigenvalue weighted by molar-refractivity contribution is -0.141. The van der Waals surface area contributed by atoms with Crippen LogP contribution in [0.3, 0.4) is 0 Å². The van der Waals surface area contributed by atoms with Crippen molar-refractivity contribution in [3.8, 4) is 0 Å². The van der Waals surface area contributed by atoms with E-state index in [2.05, 4.69) is 5.32 Å². The number of hydrogen-bond donors (Lipinski definition) is 3. The molecule has 1 saturated carbocycles. The van der Waals surface area contributed by atoms with E-state index in [1.165, 1.54) is 11.3 Å². The van der Waals surface area contributed by atoms with Crippen LogP contribution in [0, 0.1) is 5.92 Å². The molecule has 1 aliphatic carbocycles. The number of rotatable bonds is 4. The van der Waals surface area contributed by atoms with Crippen molar-refractivity contribution in [1.29, 1.82) is 0 Å². The summed E-state index contributed by atoms with van der Waals surface area (Å²) < 4.78 is 0. The summed E-state index contributed by atoms with van der Waals surface area (Å²) in [6.07, 6.45) is 1.83. The third kappa shape index (κ3) is 2.88. The van der Waals surface area contributed by atoms with Gasteiger partial charge in [0.1, 0.15) is 6.04 Å². The predicted molar refractivity (Wildman–Crippen MR) is 68.2 cm³/mol. The Hall–Kier alpha value is -1.40. The van der Waals surface area contributed by atoms with Gasteiger partial charge in [-0.15, -0.1) is 11.3 Å². The van der Waals surface area contributed by atoms with E-state index in [1.807, 2.05) is 17.5 Å². The molecule has 0 saturated heterocycles. The Bertz CT molecular complexity index is 433. The van der Waals surface area contributed by atoms with E-state index in [1.54, 1.807) is 0 Å². The molecular formula is C12H16N2O3S. The molecule has 0 aromatic carbocycles. The van der Waals surface area contributed by atoms with Crippen molar-refractivity contribution in [3.05, 3.63) is 22.4 Å². The molecule has 1 heterocycles. The SMILES string of the molecule is NC(C(=O)NC1CCC(C(=O)O)C1)c1cccs1. The molecule has 5 nitrogen and oxygen atoms in total. The van der Waals surface area contributed by atoms with Gasteiger partial charge in [-0.2, -0.15) is 0 Å². The first kappa shape index (κ1) is 13.0. The number of nitrogens with two attached hydrogens (primary N) is 1. The molecule has 0 bridgehead atoms. The summed E-state index contributed by atoms with van der Waals surface area (Å²) in [5.41, 5.74) is 5.84. The maximum absolute atomic E-state index is 11.9. The summed E-state index contributed by atoms with van der Waals surface area (Å²) in [5.74, 6) is -1.35. The standard InChI is InChI=1S/C12H16N2O3S/c13-10(9-2-1-5-18-9)11(15)14-8-4-3-7(6-8)12(16)17/h1-2,5,7-8,10H,3-4,6,13H2,(H,14,15)(H,16,17). The second kappa shape index (κ2) is 5.49. The van der Waals surface area contributed by atoms with E-state index in [0.29, 0.717) is 19.3 Å². The van der Waals surface area contributed by atoms with Crippen LogP contribution in [-0.2, 0) is 9.59 Å². The molecule has 1 aromatic heterocycles. The molecule has 0 radical (unpaired) electrons. The van der Waals surface area contributed by atoms with Crippen molar-refractivity contribution in [2.75, 3.05) is 0 Å². The third-order valence-corrected chi connectivity index (χ3v) is 4.22. The van der Waals surface area contributed by atoms with Crippen LogP contribution in [0.2, 0.25) is 0 Å². The van der Waals surface area contributed by atoms with Crippen molar-refractivity contribution in [2.24, 2.45) is 11.7 Å². The molecule has 3 atom stereocenters. The first-order valence-electron chi connectivity index (χ1n) is 5.90. The summed E-state index contributed by atoms with van der Waals surface area (Å²) in [5, 5.41) is 13.6. The molecule has 1 aliphatic rings. The highest BCUT2D eigenvalue weighted by atomic mass is 32.1. The van der Waals surface area contributed by atoms with Crippen molar-refractivity contribution in [3.63, 3.8) is 0 Å². The van der Waals surface area contributed by atoms with E-state index in [-0.39, 0.29) is 17.9 Å². The maximum Gasteiger partial charge on any atom is 0.306 e. The zero-order valence-electron chi connectivity index (χ0n) is 9.83. The fraction of sp³-hybridized carbons (Fsp3) is 0.500. The van der Waals surface area contributed by atoms with Gasteiger partial charge in [-0.05, 0) is 30.7 Å². The van der Waals surface area contributed by atoms with Gasteiger partial charge in [-0.1, -0.05) is 6.07 Å². The molecule has 18 heavy (non-hydrogen) atoms. The number of carbonyl (C=O) groups excluding carboxylic acids is 1. The van der Waals surface area contributed by atoms with Gasteiger partial charge in [-0.25, -0.2) is 0 Å². The first-order valence-corrected chi connectivity index (χ1v) is 6.78. The quantitative estimate of drug-likeness (QED) is 0.763. The minimum Gasteiger partial charge on any atom is -0.481 e. The average molecular weight is 268 g/mol.